The van der Waals surface area contributed by atoms with Crippen molar-refractivity contribution in [1.82, 2.24) is 4.57 Å². The van der Waals surface area contributed by atoms with Gasteiger partial charge in [-0.3, -0.25) is 4.79 Å². The molecule has 0 fully saturated rings. The van der Waals surface area contributed by atoms with E-state index < -0.39 is 15.7 Å². The first-order valence-corrected chi connectivity index (χ1v) is 8.30. The molecule has 4 nitrogen and oxygen atoms in total. The summed E-state index contributed by atoms with van der Waals surface area (Å²) in [6, 6.07) is 5.76. The topological polar surface area (TPSA) is 56.1 Å². The van der Waals surface area contributed by atoms with Gasteiger partial charge in [-0.2, -0.15) is 0 Å². The first kappa shape index (κ1) is 14.2. The summed E-state index contributed by atoms with van der Waals surface area (Å²) in [6.07, 6.45) is 1.10. The lowest BCUT2D eigenvalue weighted by molar-refractivity contribution is 0.594. The Balaban J connectivity index is 2.67. The molecule has 102 valence electrons. The highest BCUT2D eigenvalue weighted by Gasteiger charge is 2.12. The maximum atomic E-state index is 13.6. The number of aromatic nitrogens is 1. The van der Waals surface area contributed by atoms with Crippen LogP contribution in [0.5, 0.6) is 0 Å². The first-order valence-electron chi connectivity index (χ1n) is 5.45. The van der Waals surface area contributed by atoms with E-state index in [9.17, 15) is 17.6 Å². The van der Waals surface area contributed by atoms with Crippen LogP contribution in [0, 0.1) is 5.82 Å². The maximum absolute atomic E-state index is 13.6. The third-order valence-corrected chi connectivity index (χ3v) is 4.41. The lowest BCUT2D eigenvalue weighted by atomic mass is 10.2. The Kier molecular flexibility index (Phi) is 3.78. The second-order valence-corrected chi connectivity index (χ2v) is 7.31. The molecule has 0 bridgehead atoms. The molecule has 1 aromatic carbocycles. The zero-order valence-electron chi connectivity index (χ0n) is 10.1. The lowest BCUT2D eigenvalue weighted by Gasteiger charge is -2.11. The van der Waals surface area contributed by atoms with Gasteiger partial charge in [-0.25, -0.2) is 12.8 Å². The standard InChI is InChI=1S/C12H11BrFNO3S/c1-19(17,18)7-6-15-10(16)5-3-8-2-4-9(14)11(13)12(8)15/h2-5H,6-7H2,1H3. The predicted molar refractivity (Wildman–Crippen MR) is 75.6 cm³/mol. The van der Waals surface area contributed by atoms with E-state index in [-0.39, 0.29) is 22.3 Å². The number of aryl methyl sites for hydroxylation is 1. The predicted octanol–water partition coefficient (Wildman–Crippen LogP) is 1.95. The summed E-state index contributed by atoms with van der Waals surface area (Å²) in [6.45, 7) is -0.00292. The largest absolute Gasteiger partial charge is 0.306 e. The van der Waals surface area contributed by atoms with E-state index in [4.69, 9.17) is 0 Å². The van der Waals surface area contributed by atoms with Crippen LogP contribution in [-0.2, 0) is 16.4 Å². The molecule has 0 atom stereocenters. The average molecular weight is 348 g/mol. The SMILES string of the molecule is CS(=O)(=O)CCn1c(=O)ccc2ccc(F)c(Br)c21. The molecule has 0 saturated carbocycles. The first-order chi connectivity index (χ1) is 8.79. The molecule has 0 spiro atoms. The fraction of sp³-hybridized carbons (Fsp3) is 0.250. The van der Waals surface area contributed by atoms with Gasteiger partial charge in [-0.15, -0.1) is 0 Å². The zero-order chi connectivity index (χ0) is 14.2. The van der Waals surface area contributed by atoms with Crippen molar-refractivity contribution in [2.45, 2.75) is 6.54 Å². The maximum Gasteiger partial charge on any atom is 0.251 e. The van der Waals surface area contributed by atoms with Crippen LogP contribution in [0.1, 0.15) is 0 Å². The monoisotopic (exact) mass is 347 g/mol. The molecule has 0 N–H and O–H groups in total. The Morgan fingerprint density at radius 3 is 2.53 bits per heavy atom. The Morgan fingerprint density at radius 2 is 1.89 bits per heavy atom. The number of fused-ring (bicyclic) bond motifs is 1. The van der Waals surface area contributed by atoms with Crippen molar-refractivity contribution in [3.05, 3.63) is 44.9 Å². The van der Waals surface area contributed by atoms with Crippen molar-refractivity contribution in [2.75, 3.05) is 12.0 Å². The number of halogens is 2. The van der Waals surface area contributed by atoms with Crippen LogP contribution in [0.15, 0.2) is 33.5 Å². The summed E-state index contributed by atoms with van der Waals surface area (Å²) in [5.74, 6) is -0.666. The minimum absolute atomic E-state index is 0.00292. The molecule has 0 unspecified atom stereocenters. The molecular weight excluding hydrogens is 337 g/mol. The van der Waals surface area contributed by atoms with Crippen LogP contribution in [0.2, 0.25) is 0 Å². The van der Waals surface area contributed by atoms with Gasteiger partial charge in [0, 0.05) is 18.9 Å². The van der Waals surface area contributed by atoms with Crippen molar-refractivity contribution < 1.29 is 12.8 Å². The second-order valence-electron chi connectivity index (χ2n) is 4.25. The smallest absolute Gasteiger partial charge is 0.251 e. The summed E-state index contributed by atoms with van der Waals surface area (Å²) in [4.78, 5) is 11.8. The van der Waals surface area contributed by atoms with Crippen LogP contribution in [-0.4, -0.2) is 25.0 Å². The third-order valence-electron chi connectivity index (χ3n) is 2.73. The van der Waals surface area contributed by atoms with Gasteiger partial charge in [0.2, 0.25) is 0 Å². The van der Waals surface area contributed by atoms with Crippen LogP contribution >= 0.6 is 15.9 Å². The quantitative estimate of drug-likeness (QED) is 0.852. The highest BCUT2D eigenvalue weighted by molar-refractivity contribution is 9.10. The third kappa shape index (κ3) is 3.03. The van der Waals surface area contributed by atoms with E-state index in [0.29, 0.717) is 10.9 Å². The lowest BCUT2D eigenvalue weighted by Crippen LogP contribution is -2.23. The summed E-state index contributed by atoms with van der Waals surface area (Å²) in [5.41, 5.74) is 0.0126. The molecule has 0 aliphatic rings. The molecule has 19 heavy (non-hydrogen) atoms. The van der Waals surface area contributed by atoms with Gasteiger partial charge in [-0.05, 0) is 39.5 Å². The van der Waals surface area contributed by atoms with Gasteiger partial charge < -0.3 is 4.57 Å². The number of sulfone groups is 1. The van der Waals surface area contributed by atoms with Gasteiger partial charge >= 0.3 is 0 Å². The van der Waals surface area contributed by atoms with Crippen LogP contribution in [0.3, 0.4) is 0 Å². The number of benzene rings is 1. The molecule has 0 aliphatic carbocycles. The average Bonchev–Trinajstić information content (AvgIpc) is 2.31. The molecule has 2 rings (SSSR count). The molecule has 7 heteroatoms. The van der Waals surface area contributed by atoms with E-state index in [1.807, 2.05) is 0 Å². The van der Waals surface area contributed by atoms with E-state index in [1.165, 1.54) is 16.7 Å². The van der Waals surface area contributed by atoms with Crippen molar-refractivity contribution in [3.8, 4) is 0 Å². The van der Waals surface area contributed by atoms with Crippen LogP contribution < -0.4 is 5.56 Å². The van der Waals surface area contributed by atoms with Crippen LogP contribution in [0.25, 0.3) is 10.9 Å². The van der Waals surface area contributed by atoms with Gasteiger partial charge in [0.1, 0.15) is 15.7 Å². The van der Waals surface area contributed by atoms with Crippen molar-refractivity contribution in [3.63, 3.8) is 0 Å². The number of pyridine rings is 1. The molecular formula is C12H11BrFNO3S. The molecule has 0 amide bonds. The van der Waals surface area contributed by atoms with Crippen molar-refractivity contribution >= 4 is 36.7 Å². The molecule has 2 aromatic rings. The van der Waals surface area contributed by atoms with Gasteiger partial charge in [0.25, 0.3) is 5.56 Å². The van der Waals surface area contributed by atoms with Gasteiger partial charge in [0.05, 0.1) is 15.7 Å². The fourth-order valence-corrected chi connectivity index (χ4v) is 2.89. The zero-order valence-corrected chi connectivity index (χ0v) is 12.5. The molecule has 1 aromatic heterocycles. The number of hydrogen-bond donors (Lipinski definition) is 0. The summed E-state index contributed by atoms with van der Waals surface area (Å²) in [5, 5.41) is 0.668. The number of nitrogens with zero attached hydrogens (tertiary/aromatic N) is 1. The molecule has 0 aliphatic heterocycles. The molecule has 0 radical (unpaired) electrons. The van der Waals surface area contributed by atoms with Gasteiger partial charge in [-0.1, -0.05) is 0 Å². The van der Waals surface area contributed by atoms with Crippen LogP contribution in [0.4, 0.5) is 4.39 Å². The summed E-state index contributed by atoms with van der Waals surface area (Å²) in [7, 11) is -3.20. The van der Waals surface area contributed by atoms with Crippen molar-refractivity contribution in [2.24, 2.45) is 0 Å². The Morgan fingerprint density at radius 1 is 1.26 bits per heavy atom. The minimum atomic E-state index is -3.20. The van der Waals surface area contributed by atoms with E-state index in [0.717, 1.165) is 6.26 Å². The highest BCUT2D eigenvalue weighted by atomic mass is 79.9. The fourth-order valence-electron chi connectivity index (χ4n) is 1.80. The summed E-state index contributed by atoms with van der Waals surface area (Å²) < 4.78 is 37.4. The Hall–Kier alpha value is -1.21. The van der Waals surface area contributed by atoms with E-state index >= 15 is 0 Å². The number of hydrogen-bond acceptors (Lipinski definition) is 3. The number of rotatable bonds is 3. The Bertz CT molecular complexity index is 798. The van der Waals surface area contributed by atoms with Gasteiger partial charge in [0.15, 0.2) is 0 Å². The van der Waals surface area contributed by atoms with E-state index in [2.05, 4.69) is 15.9 Å². The van der Waals surface area contributed by atoms with E-state index in [1.54, 1.807) is 12.1 Å². The minimum Gasteiger partial charge on any atom is -0.306 e. The normalized spacial score (nSPS) is 11.9. The van der Waals surface area contributed by atoms with Crippen molar-refractivity contribution in [1.29, 1.82) is 0 Å². The second kappa shape index (κ2) is 5.05. The molecule has 0 saturated heterocycles. The highest BCUT2D eigenvalue weighted by Crippen LogP contribution is 2.25. The Labute approximate surface area is 117 Å². The molecule has 1 heterocycles. The summed E-state index contributed by atoms with van der Waals surface area (Å²) >= 11 is 3.10.